The molecule has 0 saturated carbocycles. The zero-order chi connectivity index (χ0) is 6.95. The van der Waals surface area contributed by atoms with Crippen LogP contribution in [0, 0.1) is 0 Å². The van der Waals surface area contributed by atoms with Gasteiger partial charge in [-0.1, -0.05) is 12.2 Å². The van der Waals surface area contributed by atoms with Crippen LogP contribution in [0.3, 0.4) is 0 Å². The van der Waals surface area contributed by atoms with Gasteiger partial charge in [0.05, 0.1) is 0 Å². The van der Waals surface area contributed by atoms with Crippen molar-refractivity contribution in [3.63, 3.8) is 0 Å². The van der Waals surface area contributed by atoms with E-state index in [1.54, 1.807) is 7.11 Å². The van der Waals surface area contributed by atoms with Crippen LogP contribution >= 0.6 is 0 Å². The van der Waals surface area contributed by atoms with Gasteiger partial charge in [-0.05, 0) is 13.5 Å². The van der Waals surface area contributed by atoms with Gasteiger partial charge in [0.1, 0.15) is 0 Å². The highest BCUT2D eigenvalue weighted by atomic mass is 16.5. The fourth-order valence-electron chi connectivity index (χ4n) is 0.505. The number of hydrogen-bond donors (Lipinski definition) is 1. The van der Waals surface area contributed by atoms with E-state index in [4.69, 9.17) is 4.74 Å². The van der Waals surface area contributed by atoms with Crippen LogP contribution in [0.15, 0.2) is 12.2 Å². The number of ether oxygens (including phenoxy) is 1. The molecule has 54 valence electrons. The van der Waals surface area contributed by atoms with Gasteiger partial charge in [-0.15, -0.1) is 0 Å². The minimum atomic E-state index is 0.820. The lowest BCUT2D eigenvalue weighted by atomic mass is 10.4. The Hall–Kier alpha value is -0.340. The third kappa shape index (κ3) is 7.66. The summed E-state index contributed by atoms with van der Waals surface area (Å²) in [6, 6.07) is 0. The van der Waals surface area contributed by atoms with E-state index in [1.165, 1.54) is 0 Å². The summed E-state index contributed by atoms with van der Waals surface area (Å²) in [5, 5.41) is 3.02. The van der Waals surface area contributed by atoms with Crippen molar-refractivity contribution in [1.82, 2.24) is 5.32 Å². The van der Waals surface area contributed by atoms with Crippen molar-refractivity contribution >= 4 is 0 Å². The molecule has 0 aliphatic rings. The highest BCUT2D eigenvalue weighted by Crippen LogP contribution is 1.81. The van der Waals surface area contributed by atoms with Crippen LogP contribution in [0.1, 0.15) is 6.42 Å². The van der Waals surface area contributed by atoms with Crippen LogP contribution in [0.25, 0.3) is 0 Å². The fraction of sp³-hybridized carbons (Fsp3) is 0.714. The monoisotopic (exact) mass is 129 g/mol. The normalized spacial score (nSPS) is 10.9. The first kappa shape index (κ1) is 8.66. The third-order valence-corrected chi connectivity index (χ3v) is 0.977. The van der Waals surface area contributed by atoms with Crippen molar-refractivity contribution in [2.24, 2.45) is 0 Å². The summed E-state index contributed by atoms with van der Waals surface area (Å²) in [6.07, 6.45) is 5.22. The van der Waals surface area contributed by atoms with E-state index in [-0.39, 0.29) is 0 Å². The Morgan fingerprint density at radius 3 is 2.78 bits per heavy atom. The van der Waals surface area contributed by atoms with Gasteiger partial charge in [0.15, 0.2) is 0 Å². The molecular weight excluding hydrogens is 114 g/mol. The van der Waals surface area contributed by atoms with Crippen molar-refractivity contribution in [1.29, 1.82) is 0 Å². The van der Waals surface area contributed by atoms with Gasteiger partial charge in [-0.3, -0.25) is 0 Å². The quantitative estimate of drug-likeness (QED) is 0.438. The number of rotatable bonds is 5. The SMILES string of the molecule is CNC/C=C\CCOC. The Morgan fingerprint density at radius 1 is 1.44 bits per heavy atom. The summed E-state index contributed by atoms with van der Waals surface area (Å²) >= 11 is 0. The molecule has 1 N–H and O–H groups in total. The van der Waals surface area contributed by atoms with Crippen molar-refractivity contribution in [3.05, 3.63) is 12.2 Å². The van der Waals surface area contributed by atoms with E-state index >= 15 is 0 Å². The molecule has 0 aromatic carbocycles. The molecule has 0 heterocycles. The second kappa shape index (κ2) is 7.66. The molecule has 0 aromatic heterocycles. The summed E-state index contributed by atoms with van der Waals surface area (Å²) in [5.74, 6) is 0. The molecule has 0 rings (SSSR count). The molecule has 0 fully saturated rings. The highest BCUT2D eigenvalue weighted by Gasteiger charge is 1.75. The Morgan fingerprint density at radius 2 is 2.22 bits per heavy atom. The molecule has 0 aromatic rings. The van der Waals surface area contributed by atoms with E-state index in [9.17, 15) is 0 Å². The molecular formula is C7H15NO. The summed E-state index contributed by atoms with van der Waals surface area (Å²) in [6.45, 7) is 1.77. The number of methoxy groups -OCH3 is 1. The minimum absolute atomic E-state index is 0.820. The van der Waals surface area contributed by atoms with Gasteiger partial charge in [-0.2, -0.15) is 0 Å². The van der Waals surface area contributed by atoms with Gasteiger partial charge in [-0.25, -0.2) is 0 Å². The van der Waals surface area contributed by atoms with Crippen LogP contribution < -0.4 is 5.32 Å². The summed E-state index contributed by atoms with van der Waals surface area (Å²) in [7, 11) is 3.65. The van der Waals surface area contributed by atoms with E-state index in [1.807, 2.05) is 7.05 Å². The largest absolute Gasteiger partial charge is 0.384 e. The molecule has 0 amide bonds. The maximum absolute atomic E-state index is 4.85. The molecule has 0 spiro atoms. The minimum Gasteiger partial charge on any atom is -0.384 e. The standard InChI is InChI=1S/C7H15NO/c1-8-6-4-3-5-7-9-2/h3-4,8H,5-7H2,1-2H3/b4-3-. The fourth-order valence-corrected chi connectivity index (χ4v) is 0.505. The molecule has 2 nitrogen and oxygen atoms in total. The molecule has 2 heteroatoms. The molecule has 0 saturated heterocycles. The molecule has 0 bridgehead atoms. The summed E-state index contributed by atoms with van der Waals surface area (Å²) < 4.78 is 4.85. The topological polar surface area (TPSA) is 21.3 Å². The average molecular weight is 129 g/mol. The Balaban J connectivity index is 2.86. The average Bonchev–Trinajstić information content (AvgIpc) is 1.89. The zero-order valence-corrected chi connectivity index (χ0v) is 6.18. The van der Waals surface area contributed by atoms with E-state index < -0.39 is 0 Å². The Kier molecular flexibility index (Phi) is 7.37. The maximum atomic E-state index is 4.85. The first-order valence-corrected chi connectivity index (χ1v) is 3.20. The second-order valence-electron chi connectivity index (χ2n) is 1.81. The van der Waals surface area contributed by atoms with Crippen LogP contribution in [0.2, 0.25) is 0 Å². The zero-order valence-electron chi connectivity index (χ0n) is 6.18. The van der Waals surface area contributed by atoms with E-state index in [0.717, 1.165) is 19.6 Å². The lowest BCUT2D eigenvalue weighted by Crippen LogP contribution is -2.03. The van der Waals surface area contributed by atoms with Crippen LogP contribution in [-0.4, -0.2) is 27.3 Å². The Labute approximate surface area is 56.9 Å². The lowest BCUT2D eigenvalue weighted by molar-refractivity contribution is 0.204. The van der Waals surface area contributed by atoms with Crippen LogP contribution in [-0.2, 0) is 4.74 Å². The van der Waals surface area contributed by atoms with Gasteiger partial charge in [0.2, 0.25) is 0 Å². The third-order valence-electron chi connectivity index (χ3n) is 0.977. The molecule has 9 heavy (non-hydrogen) atoms. The van der Waals surface area contributed by atoms with Gasteiger partial charge >= 0.3 is 0 Å². The lowest BCUT2D eigenvalue weighted by Gasteiger charge is -1.90. The number of likely N-dealkylation sites (N-methyl/N-ethyl adjacent to an activating group) is 1. The molecule has 0 unspecified atom stereocenters. The first-order valence-electron chi connectivity index (χ1n) is 3.20. The maximum Gasteiger partial charge on any atom is 0.0496 e. The second-order valence-corrected chi connectivity index (χ2v) is 1.81. The van der Waals surface area contributed by atoms with Gasteiger partial charge < -0.3 is 10.1 Å². The Bertz CT molecular complexity index is 71.3. The predicted molar refractivity (Wildman–Crippen MR) is 39.6 cm³/mol. The predicted octanol–water partition coefficient (Wildman–Crippen LogP) is 0.798. The highest BCUT2D eigenvalue weighted by molar-refractivity contribution is 4.82. The van der Waals surface area contributed by atoms with Crippen molar-refractivity contribution in [2.75, 3.05) is 27.3 Å². The molecule has 0 aliphatic heterocycles. The van der Waals surface area contributed by atoms with Crippen molar-refractivity contribution in [2.45, 2.75) is 6.42 Å². The molecule has 0 radical (unpaired) electrons. The van der Waals surface area contributed by atoms with Crippen molar-refractivity contribution < 1.29 is 4.74 Å². The van der Waals surface area contributed by atoms with Gasteiger partial charge in [0.25, 0.3) is 0 Å². The number of nitrogens with one attached hydrogen (secondary N) is 1. The van der Waals surface area contributed by atoms with Crippen LogP contribution in [0.4, 0.5) is 0 Å². The van der Waals surface area contributed by atoms with Gasteiger partial charge in [0, 0.05) is 20.3 Å². The molecule has 0 atom stereocenters. The van der Waals surface area contributed by atoms with Crippen molar-refractivity contribution in [3.8, 4) is 0 Å². The van der Waals surface area contributed by atoms with E-state index in [2.05, 4.69) is 17.5 Å². The smallest absolute Gasteiger partial charge is 0.0496 e. The first-order chi connectivity index (χ1) is 4.41. The van der Waals surface area contributed by atoms with E-state index in [0.29, 0.717) is 0 Å². The number of hydrogen-bond acceptors (Lipinski definition) is 2. The van der Waals surface area contributed by atoms with Crippen LogP contribution in [0.5, 0.6) is 0 Å². The molecule has 0 aliphatic carbocycles. The summed E-state index contributed by atoms with van der Waals surface area (Å²) in [5.41, 5.74) is 0. The summed E-state index contributed by atoms with van der Waals surface area (Å²) in [4.78, 5) is 0.